The molecule has 0 bridgehead atoms. The normalized spacial score (nSPS) is 19.0. The number of piperidine rings is 1. The Labute approximate surface area is 146 Å². The van der Waals surface area contributed by atoms with Gasteiger partial charge in [0.1, 0.15) is 0 Å². The molecule has 0 spiro atoms. The van der Waals surface area contributed by atoms with E-state index in [0.29, 0.717) is 31.4 Å². The third kappa shape index (κ3) is 7.45. The number of benzene rings is 1. The average molecular weight is 332 g/mol. The highest BCUT2D eigenvalue weighted by Gasteiger charge is 2.21. The van der Waals surface area contributed by atoms with Crippen LogP contribution in [0.1, 0.15) is 38.2 Å². The molecule has 2 atom stereocenters. The van der Waals surface area contributed by atoms with Crippen LogP contribution >= 0.6 is 0 Å². The second-order valence-electron chi connectivity index (χ2n) is 6.84. The van der Waals surface area contributed by atoms with Crippen LogP contribution in [0.3, 0.4) is 0 Å². The summed E-state index contributed by atoms with van der Waals surface area (Å²) >= 11 is 0. The molecule has 1 amide bonds. The van der Waals surface area contributed by atoms with Crippen LogP contribution in [0.15, 0.2) is 30.3 Å². The molecule has 4 nitrogen and oxygen atoms in total. The van der Waals surface area contributed by atoms with Crippen LogP contribution in [0, 0.1) is 11.8 Å². The van der Waals surface area contributed by atoms with E-state index < -0.39 is 0 Å². The number of nitrogens with one attached hydrogen (secondary N) is 2. The van der Waals surface area contributed by atoms with Crippen LogP contribution in [0.2, 0.25) is 0 Å². The van der Waals surface area contributed by atoms with E-state index in [9.17, 15) is 4.79 Å². The van der Waals surface area contributed by atoms with E-state index in [1.54, 1.807) is 0 Å². The van der Waals surface area contributed by atoms with Crippen molar-refractivity contribution in [3.63, 3.8) is 0 Å². The smallest absolute Gasteiger partial charge is 0.220 e. The molecule has 4 heteroatoms. The fourth-order valence-corrected chi connectivity index (χ4v) is 3.23. The summed E-state index contributed by atoms with van der Waals surface area (Å²) < 4.78 is 5.64. The number of amides is 1. The van der Waals surface area contributed by atoms with E-state index in [-0.39, 0.29) is 5.91 Å². The molecule has 2 rings (SSSR count). The van der Waals surface area contributed by atoms with Crippen molar-refractivity contribution in [1.82, 2.24) is 10.6 Å². The summed E-state index contributed by atoms with van der Waals surface area (Å²) in [7, 11) is 0. The van der Waals surface area contributed by atoms with E-state index >= 15 is 0 Å². The highest BCUT2D eigenvalue weighted by molar-refractivity contribution is 5.76. The quantitative estimate of drug-likeness (QED) is 0.648. The maximum Gasteiger partial charge on any atom is 0.220 e. The average Bonchev–Trinajstić information content (AvgIpc) is 2.62. The third-order valence-corrected chi connectivity index (χ3v) is 4.81. The minimum atomic E-state index is 0.178. The molecule has 0 aromatic heterocycles. The van der Waals surface area contributed by atoms with Gasteiger partial charge in [0.25, 0.3) is 0 Å². The number of carbonyl (C=O) groups excluding carboxylic acids is 1. The maximum absolute atomic E-state index is 12.0. The highest BCUT2D eigenvalue weighted by atomic mass is 16.5. The van der Waals surface area contributed by atoms with Gasteiger partial charge >= 0.3 is 0 Å². The van der Waals surface area contributed by atoms with E-state index in [2.05, 4.69) is 41.8 Å². The number of hydrogen-bond acceptors (Lipinski definition) is 3. The zero-order valence-corrected chi connectivity index (χ0v) is 14.9. The van der Waals surface area contributed by atoms with Gasteiger partial charge in [0.2, 0.25) is 5.91 Å². The minimum absolute atomic E-state index is 0.178. The molecule has 134 valence electrons. The zero-order valence-electron chi connectivity index (χ0n) is 14.9. The Morgan fingerprint density at radius 1 is 1.33 bits per heavy atom. The van der Waals surface area contributed by atoms with E-state index in [1.165, 1.54) is 18.4 Å². The molecular formula is C20H32N2O2. The summed E-state index contributed by atoms with van der Waals surface area (Å²) in [6, 6.07) is 10.4. The lowest BCUT2D eigenvalue weighted by Gasteiger charge is -2.28. The molecule has 2 N–H and O–H groups in total. The first-order valence-corrected chi connectivity index (χ1v) is 9.35. The molecule has 1 aromatic carbocycles. The van der Waals surface area contributed by atoms with Gasteiger partial charge in [0, 0.05) is 19.6 Å². The van der Waals surface area contributed by atoms with Gasteiger partial charge in [-0.25, -0.2) is 0 Å². The Hall–Kier alpha value is -1.39. The summed E-state index contributed by atoms with van der Waals surface area (Å²) in [4.78, 5) is 12.0. The van der Waals surface area contributed by atoms with Crippen LogP contribution < -0.4 is 10.6 Å². The van der Waals surface area contributed by atoms with Crippen molar-refractivity contribution in [1.29, 1.82) is 0 Å². The maximum atomic E-state index is 12.0. The van der Waals surface area contributed by atoms with Crippen LogP contribution in [-0.2, 0) is 16.0 Å². The van der Waals surface area contributed by atoms with Crippen molar-refractivity contribution in [2.45, 2.75) is 39.0 Å². The van der Waals surface area contributed by atoms with Crippen LogP contribution in [0.25, 0.3) is 0 Å². The molecule has 1 aliphatic rings. The Kier molecular flexibility index (Phi) is 8.85. The van der Waals surface area contributed by atoms with Gasteiger partial charge in [-0.2, -0.15) is 0 Å². The van der Waals surface area contributed by atoms with E-state index in [1.807, 2.05) is 6.07 Å². The number of ether oxygens (including phenoxy) is 1. The van der Waals surface area contributed by atoms with Crippen molar-refractivity contribution in [2.24, 2.45) is 11.8 Å². The number of hydrogen-bond donors (Lipinski definition) is 2. The molecule has 1 aromatic rings. The molecule has 1 heterocycles. The first-order valence-electron chi connectivity index (χ1n) is 9.35. The highest BCUT2D eigenvalue weighted by Crippen LogP contribution is 2.22. The van der Waals surface area contributed by atoms with Crippen LogP contribution in [-0.4, -0.2) is 38.8 Å². The lowest BCUT2D eigenvalue weighted by Crippen LogP contribution is -2.35. The molecule has 1 saturated heterocycles. The third-order valence-electron chi connectivity index (χ3n) is 4.81. The molecule has 2 unspecified atom stereocenters. The molecule has 24 heavy (non-hydrogen) atoms. The fraction of sp³-hybridized carbons (Fsp3) is 0.650. The SMILES string of the molecule is CC(CC(=O)NCCCOCCc1ccccc1)C1CCCNC1. The van der Waals surface area contributed by atoms with Gasteiger partial charge in [-0.1, -0.05) is 37.3 Å². The Morgan fingerprint density at radius 3 is 2.92 bits per heavy atom. The predicted molar refractivity (Wildman–Crippen MR) is 98.0 cm³/mol. The molecule has 0 saturated carbocycles. The molecule has 0 radical (unpaired) electrons. The van der Waals surface area contributed by atoms with Gasteiger partial charge < -0.3 is 15.4 Å². The van der Waals surface area contributed by atoms with Crippen molar-refractivity contribution in [2.75, 3.05) is 32.8 Å². The van der Waals surface area contributed by atoms with Crippen molar-refractivity contribution in [3.05, 3.63) is 35.9 Å². The van der Waals surface area contributed by atoms with E-state index in [4.69, 9.17) is 4.74 Å². The largest absolute Gasteiger partial charge is 0.381 e. The molecule has 1 fully saturated rings. The summed E-state index contributed by atoms with van der Waals surface area (Å²) in [5.41, 5.74) is 1.30. The Morgan fingerprint density at radius 2 is 2.17 bits per heavy atom. The molecular weight excluding hydrogens is 300 g/mol. The van der Waals surface area contributed by atoms with Gasteiger partial charge in [-0.3, -0.25) is 4.79 Å². The van der Waals surface area contributed by atoms with Crippen molar-refractivity contribution in [3.8, 4) is 0 Å². The predicted octanol–water partition coefficient (Wildman–Crippen LogP) is 2.78. The standard InChI is InChI=1S/C20H32N2O2/c1-17(19-9-5-11-21-16-19)15-20(23)22-12-6-13-24-14-10-18-7-3-2-4-8-18/h2-4,7-8,17,19,21H,5-6,9-16H2,1H3,(H,22,23). The first-order chi connectivity index (χ1) is 11.8. The number of carbonyl (C=O) groups is 1. The second-order valence-corrected chi connectivity index (χ2v) is 6.84. The van der Waals surface area contributed by atoms with Crippen molar-refractivity contribution >= 4 is 5.91 Å². The lowest BCUT2D eigenvalue weighted by molar-refractivity contribution is -0.122. The fourth-order valence-electron chi connectivity index (χ4n) is 3.23. The van der Waals surface area contributed by atoms with Crippen LogP contribution in [0.5, 0.6) is 0 Å². The van der Waals surface area contributed by atoms with Crippen LogP contribution in [0.4, 0.5) is 0 Å². The molecule has 0 aliphatic carbocycles. The van der Waals surface area contributed by atoms with E-state index in [0.717, 1.165) is 32.5 Å². The summed E-state index contributed by atoms with van der Waals surface area (Å²) in [6.07, 6.45) is 4.94. The van der Waals surface area contributed by atoms with Gasteiger partial charge in [0.05, 0.1) is 6.61 Å². The summed E-state index contributed by atoms with van der Waals surface area (Å²) in [5.74, 6) is 1.28. The summed E-state index contributed by atoms with van der Waals surface area (Å²) in [5, 5.41) is 6.45. The Balaban J connectivity index is 1.45. The van der Waals surface area contributed by atoms with Gasteiger partial charge in [-0.05, 0) is 56.2 Å². The summed E-state index contributed by atoms with van der Waals surface area (Å²) in [6.45, 7) is 6.53. The zero-order chi connectivity index (χ0) is 17.0. The van der Waals surface area contributed by atoms with Crippen molar-refractivity contribution < 1.29 is 9.53 Å². The number of rotatable bonds is 10. The van der Waals surface area contributed by atoms with Gasteiger partial charge in [0.15, 0.2) is 0 Å². The lowest BCUT2D eigenvalue weighted by atomic mass is 9.85. The van der Waals surface area contributed by atoms with Gasteiger partial charge in [-0.15, -0.1) is 0 Å². The Bertz CT molecular complexity index is 458. The minimum Gasteiger partial charge on any atom is -0.381 e. The topological polar surface area (TPSA) is 50.4 Å². The monoisotopic (exact) mass is 332 g/mol. The second kappa shape index (κ2) is 11.2. The first kappa shape index (κ1) is 18.9. The molecule has 1 aliphatic heterocycles.